The van der Waals surface area contributed by atoms with E-state index in [1.165, 1.54) is 5.56 Å². The molecule has 0 bridgehead atoms. The molecule has 3 heterocycles. The van der Waals surface area contributed by atoms with Crippen molar-refractivity contribution in [2.45, 2.75) is 37.4 Å². The maximum Gasteiger partial charge on any atom is 0.279 e. The molecule has 0 spiro atoms. The summed E-state index contributed by atoms with van der Waals surface area (Å²) in [5.41, 5.74) is 18.9. The van der Waals surface area contributed by atoms with Crippen molar-refractivity contribution in [3.8, 4) is 5.75 Å². The first-order valence-corrected chi connectivity index (χ1v) is 12.0. The largest absolute Gasteiger partial charge is 0.489 e. The quantitative estimate of drug-likeness (QED) is 0.217. The topological polar surface area (TPSA) is 178 Å². The monoisotopic (exact) mass is 510 g/mol. The van der Waals surface area contributed by atoms with Gasteiger partial charge >= 0.3 is 0 Å². The molecule has 12 nitrogen and oxygen atoms in total. The van der Waals surface area contributed by atoms with E-state index in [0.29, 0.717) is 16.9 Å². The number of piperidine rings is 1. The van der Waals surface area contributed by atoms with Gasteiger partial charge < -0.3 is 31.6 Å². The van der Waals surface area contributed by atoms with Gasteiger partial charge in [-0.3, -0.25) is 24.5 Å². The average molecular weight is 511 g/mol. The predicted molar refractivity (Wildman–Crippen MR) is 130 cm³/mol. The summed E-state index contributed by atoms with van der Waals surface area (Å²) in [6.45, 7) is 4.42. The normalized spacial score (nSPS) is 23.9. The molecule has 2 aromatic carbocycles. The number of nitrogens with zero attached hydrogens (tertiary/aromatic N) is 3. The van der Waals surface area contributed by atoms with Crippen LogP contribution >= 0.6 is 0 Å². The van der Waals surface area contributed by atoms with Crippen LogP contribution in [-0.4, -0.2) is 81.8 Å². The first-order chi connectivity index (χ1) is 17.7. The van der Waals surface area contributed by atoms with Crippen molar-refractivity contribution in [2.75, 3.05) is 26.3 Å². The molecule has 0 saturated carbocycles. The number of hydroxylamine groups is 2. The number of benzene rings is 2. The van der Waals surface area contributed by atoms with E-state index in [-0.39, 0.29) is 18.2 Å². The number of hydrogen-bond donors (Lipinski definition) is 4. The van der Waals surface area contributed by atoms with Gasteiger partial charge in [-0.1, -0.05) is 30.3 Å². The van der Waals surface area contributed by atoms with Gasteiger partial charge in [-0.25, -0.2) is 0 Å². The van der Waals surface area contributed by atoms with Gasteiger partial charge in [0.15, 0.2) is 0 Å². The van der Waals surface area contributed by atoms with Crippen LogP contribution in [0.25, 0.3) is 0 Å². The number of carbonyl (C=O) groups excluding carboxylic acids is 3. The van der Waals surface area contributed by atoms with Crippen LogP contribution in [0.3, 0.4) is 0 Å². The van der Waals surface area contributed by atoms with E-state index in [1.54, 1.807) is 18.2 Å². The number of nitrogens with two attached hydrogens (primary N) is 3. The fourth-order valence-corrected chi connectivity index (χ4v) is 4.95. The van der Waals surface area contributed by atoms with Crippen LogP contribution in [0, 0.1) is 0 Å². The molecule has 12 heteroatoms. The Morgan fingerprint density at radius 3 is 2.38 bits per heavy atom. The number of morpholine rings is 1. The highest BCUT2D eigenvalue weighted by atomic mass is 16.5. The fourth-order valence-electron chi connectivity index (χ4n) is 4.95. The zero-order chi connectivity index (χ0) is 26.3. The Morgan fingerprint density at radius 2 is 1.68 bits per heavy atom. The van der Waals surface area contributed by atoms with Crippen molar-refractivity contribution in [1.29, 1.82) is 0 Å². The lowest BCUT2D eigenvalue weighted by Crippen LogP contribution is -2.82. The summed E-state index contributed by atoms with van der Waals surface area (Å²) < 4.78 is 11.5. The number of ether oxygens (including phenoxy) is 2. The smallest absolute Gasteiger partial charge is 0.279 e. The zero-order valence-corrected chi connectivity index (χ0v) is 20.2. The lowest BCUT2D eigenvalue weighted by atomic mass is 9.87. The van der Waals surface area contributed by atoms with E-state index >= 15 is 0 Å². The highest BCUT2D eigenvalue weighted by Crippen LogP contribution is 2.35. The number of rotatable bonds is 6. The molecule has 0 aliphatic carbocycles. The molecule has 2 saturated heterocycles. The van der Waals surface area contributed by atoms with Gasteiger partial charge in [0.1, 0.15) is 30.1 Å². The van der Waals surface area contributed by atoms with Crippen LogP contribution in [0.2, 0.25) is 0 Å². The summed E-state index contributed by atoms with van der Waals surface area (Å²) in [5, 5.41) is 9.81. The molecule has 0 aromatic heterocycles. The molecule has 2 unspecified atom stereocenters. The van der Waals surface area contributed by atoms with Crippen LogP contribution in [0.1, 0.15) is 27.0 Å². The van der Waals surface area contributed by atoms with Gasteiger partial charge in [0.05, 0.1) is 19.8 Å². The highest BCUT2D eigenvalue weighted by molar-refractivity contribution is 6.07. The van der Waals surface area contributed by atoms with Crippen molar-refractivity contribution in [3.05, 3.63) is 64.7 Å². The molecular formula is C25H30N6O6. The molecule has 37 heavy (non-hydrogen) atoms. The van der Waals surface area contributed by atoms with E-state index in [1.807, 2.05) is 12.1 Å². The molecule has 2 fully saturated rings. The first kappa shape index (κ1) is 25.3. The van der Waals surface area contributed by atoms with Crippen molar-refractivity contribution >= 4 is 17.7 Å². The maximum atomic E-state index is 13.2. The Balaban J connectivity index is 1.29. The van der Waals surface area contributed by atoms with Gasteiger partial charge in [-0.05, 0) is 23.3 Å². The van der Waals surface area contributed by atoms with Crippen molar-refractivity contribution in [3.63, 3.8) is 0 Å². The molecule has 2 aromatic rings. The maximum absolute atomic E-state index is 13.2. The number of imide groups is 1. The Morgan fingerprint density at radius 1 is 1.00 bits per heavy atom. The summed E-state index contributed by atoms with van der Waals surface area (Å²) in [5.74, 6) is -2.30. The van der Waals surface area contributed by atoms with Crippen molar-refractivity contribution < 1.29 is 29.1 Å². The van der Waals surface area contributed by atoms with E-state index in [0.717, 1.165) is 43.3 Å². The summed E-state index contributed by atoms with van der Waals surface area (Å²) in [6, 6.07) is 10.0. The predicted octanol–water partition coefficient (Wildman–Crippen LogP) is -0.879. The minimum atomic E-state index is -2.07. The fraction of sp³-hybridized carbons (Fsp3) is 0.400. The van der Waals surface area contributed by atoms with Crippen LogP contribution in [0.4, 0.5) is 0 Å². The third kappa shape index (κ3) is 4.59. The molecular weight excluding hydrogens is 480 g/mol. The number of fused-ring (bicyclic) bond motifs is 1. The Hall–Kier alpha value is -3.39. The van der Waals surface area contributed by atoms with Crippen LogP contribution in [0.5, 0.6) is 5.75 Å². The summed E-state index contributed by atoms with van der Waals surface area (Å²) in [4.78, 5) is 41.5. The van der Waals surface area contributed by atoms with E-state index in [4.69, 9.17) is 26.7 Å². The Bertz CT molecular complexity index is 1210. The summed E-state index contributed by atoms with van der Waals surface area (Å²) in [6.07, 6.45) is 0. The third-order valence-electron chi connectivity index (χ3n) is 7.12. The molecule has 5 rings (SSSR count). The summed E-state index contributed by atoms with van der Waals surface area (Å²) >= 11 is 0. The molecule has 3 amide bonds. The summed E-state index contributed by atoms with van der Waals surface area (Å²) in [7, 11) is 0. The molecule has 2 atom stereocenters. The molecule has 7 N–H and O–H groups in total. The van der Waals surface area contributed by atoms with Crippen LogP contribution in [-0.2, 0) is 34.0 Å². The number of carbonyl (C=O) groups is 3. The second-order valence-corrected chi connectivity index (χ2v) is 9.58. The second-order valence-electron chi connectivity index (χ2n) is 9.58. The average Bonchev–Trinajstić information content (AvgIpc) is 3.23. The SMILES string of the molecule is NC1C(=O)N(O)C(=O)C(N2Cc3c(OCc4ccc(CN5CCOCC5)cc4)cccc3C2=O)C1(N)N. The third-order valence-corrected chi connectivity index (χ3v) is 7.12. The van der Waals surface area contributed by atoms with Gasteiger partial charge in [-0.2, -0.15) is 5.06 Å². The Kier molecular flexibility index (Phi) is 6.70. The van der Waals surface area contributed by atoms with Crippen molar-refractivity contribution in [1.82, 2.24) is 14.9 Å². The number of hydrogen-bond acceptors (Lipinski definition) is 10. The van der Waals surface area contributed by atoms with Crippen LogP contribution < -0.4 is 21.9 Å². The number of amides is 3. The zero-order valence-electron chi connectivity index (χ0n) is 20.2. The van der Waals surface area contributed by atoms with Crippen LogP contribution in [0.15, 0.2) is 42.5 Å². The first-order valence-electron chi connectivity index (χ1n) is 12.0. The van der Waals surface area contributed by atoms with E-state index in [2.05, 4.69) is 17.0 Å². The minimum Gasteiger partial charge on any atom is -0.489 e. The standard InChI is InChI=1S/C25H30N6O6/c26-20-23(33)31(35)24(34)21(25(20,27)28)30-13-18-17(22(30)32)2-1-3-19(18)37-14-16-6-4-15(5-7-16)12-29-8-10-36-11-9-29/h1-7,20-21,35H,8-14,26-28H2. The Labute approximate surface area is 213 Å². The van der Waals surface area contributed by atoms with Crippen molar-refractivity contribution in [2.24, 2.45) is 17.2 Å². The van der Waals surface area contributed by atoms with E-state index in [9.17, 15) is 19.6 Å². The van der Waals surface area contributed by atoms with Gasteiger partial charge in [0.2, 0.25) is 0 Å². The molecule has 0 radical (unpaired) electrons. The lowest BCUT2D eigenvalue weighted by Gasteiger charge is -2.45. The molecule has 3 aliphatic heterocycles. The minimum absolute atomic E-state index is 0.0515. The van der Waals surface area contributed by atoms with Gasteiger partial charge in [-0.15, -0.1) is 0 Å². The highest BCUT2D eigenvalue weighted by Gasteiger charge is 2.58. The van der Waals surface area contributed by atoms with Gasteiger partial charge in [0, 0.05) is 30.8 Å². The lowest BCUT2D eigenvalue weighted by molar-refractivity contribution is -0.193. The van der Waals surface area contributed by atoms with E-state index < -0.39 is 35.5 Å². The van der Waals surface area contributed by atoms with Gasteiger partial charge in [0.25, 0.3) is 17.7 Å². The molecule has 3 aliphatic rings. The second kappa shape index (κ2) is 9.82. The molecule has 196 valence electrons.